The Morgan fingerprint density at radius 1 is 0.971 bits per heavy atom. The Morgan fingerprint density at radius 2 is 1.65 bits per heavy atom. The van der Waals surface area contributed by atoms with Crippen molar-refractivity contribution in [3.63, 3.8) is 0 Å². The number of amides is 4. The van der Waals surface area contributed by atoms with Crippen LogP contribution in [0.4, 0.5) is 4.79 Å². The number of carbonyl (C=O) groups is 4. The first kappa shape index (κ1) is 25.1. The van der Waals surface area contributed by atoms with Crippen molar-refractivity contribution < 1.29 is 19.2 Å². The lowest BCUT2D eigenvalue weighted by Gasteiger charge is -2.43. The van der Waals surface area contributed by atoms with Crippen LogP contribution in [-0.2, 0) is 14.4 Å². The Kier molecular flexibility index (Phi) is 7.90. The molecule has 2 aliphatic carbocycles. The van der Waals surface area contributed by atoms with E-state index in [9.17, 15) is 19.2 Å². The van der Waals surface area contributed by atoms with Crippen LogP contribution in [0.1, 0.15) is 103 Å². The van der Waals surface area contributed by atoms with Crippen LogP contribution in [0.5, 0.6) is 0 Å². The highest BCUT2D eigenvalue weighted by Crippen LogP contribution is 2.39. The van der Waals surface area contributed by atoms with Crippen LogP contribution < -0.4 is 10.6 Å². The van der Waals surface area contributed by atoms with Crippen LogP contribution in [0.25, 0.3) is 0 Å². The standard InChI is InChI=1S/C27H41N3O4/c1-26(21-12-8-7-9-13-21)23(32)29-25(34)30(24(26)33)19-22(31)20-14-17-27(28-18-20)15-10-5-3-2-4-6-11-16-27/h12,20,28H,2-11,13-19H2,1H3,(H,29,32,34). The average Bonchev–Trinajstić information content (AvgIpc) is 2.85. The fourth-order valence-electron chi connectivity index (χ4n) is 6.37. The number of ketones is 1. The molecular weight excluding hydrogens is 430 g/mol. The monoisotopic (exact) mass is 471 g/mol. The lowest BCUT2D eigenvalue weighted by atomic mass is 9.74. The summed E-state index contributed by atoms with van der Waals surface area (Å²) in [6.45, 7) is 1.93. The molecule has 1 spiro atoms. The smallest absolute Gasteiger partial charge is 0.311 e. The van der Waals surface area contributed by atoms with E-state index >= 15 is 0 Å². The summed E-state index contributed by atoms with van der Waals surface area (Å²) in [7, 11) is 0. The Labute approximate surface area is 203 Å². The van der Waals surface area contributed by atoms with Crippen LogP contribution in [0.3, 0.4) is 0 Å². The number of piperidine rings is 1. The van der Waals surface area contributed by atoms with Crippen molar-refractivity contribution in [2.75, 3.05) is 13.1 Å². The van der Waals surface area contributed by atoms with E-state index < -0.39 is 23.3 Å². The van der Waals surface area contributed by atoms with E-state index in [4.69, 9.17) is 0 Å². The zero-order valence-electron chi connectivity index (χ0n) is 20.8. The van der Waals surface area contributed by atoms with E-state index in [0.717, 1.165) is 55.4 Å². The lowest BCUT2D eigenvalue weighted by molar-refractivity contribution is -0.149. The molecule has 0 radical (unpaired) electrons. The summed E-state index contributed by atoms with van der Waals surface area (Å²) >= 11 is 0. The quantitative estimate of drug-likeness (QED) is 0.468. The number of barbiturate groups is 1. The molecule has 2 heterocycles. The van der Waals surface area contributed by atoms with Gasteiger partial charge in [0.15, 0.2) is 5.78 Å². The number of rotatable bonds is 4. The first-order valence-corrected chi connectivity index (χ1v) is 13.5. The summed E-state index contributed by atoms with van der Waals surface area (Å²) in [5.74, 6) is -1.44. The van der Waals surface area contributed by atoms with Crippen LogP contribution >= 0.6 is 0 Å². The Hall–Kier alpha value is -2.02. The molecule has 4 aliphatic rings. The van der Waals surface area contributed by atoms with Crippen LogP contribution in [0.2, 0.25) is 0 Å². The zero-order valence-corrected chi connectivity index (χ0v) is 20.8. The van der Waals surface area contributed by atoms with Gasteiger partial charge in [0.05, 0.1) is 6.54 Å². The number of nitrogens with one attached hydrogen (secondary N) is 2. The Balaban J connectivity index is 1.39. The predicted molar refractivity (Wildman–Crippen MR) is 130 cm³/mol. The van der Waals surface area contributed by atoms with Crippen molar-refractivity contribution in [3.8, 4) is 0 Å². The molecule has 2 atom stereocenters. The molecule has 188 valence electrons. The number of nitrogens with zero attached hydrogens (tertiary/aromatic N) is 1. The molecule has 7 nitrogen and oxygen atoms in total. The molecule has 0 aromatic heterocycles. The molecule has 34 heavy (non-hydrogen) atoms. The first-order chi connectivity index (χ1) is 16.4. The largest absolute Gasteiger partial charge is 0.331 e. The highest BCUT2D eigenvalue weighted by molar-refractivity contribution is 6.21. The van der Waals surface area contributed by atoms with Gasteiger partial charge in [0.1, 0.15) is 5.41 Å². The van der Waals surface area contributed by atoms with E-state index in [-0.39, 0.29) is 23.8 Å². The number of hydrogen-bond acceptors (Lipinski definition) is 5. The Morgan fingerprint density at radius 3 is 2.24 bits per heavy atom. The number of hydrogen-bond donors (Lipinski definition) is 2. The second-order valence-electron chi connectivity index (χ2n) is 11.1. The topological polar surface area (TPSA) is 95.6 Å². The normalized spacial score (nSPS) is 31.1. The third-order valence-electron chi connectivity index (χ3n) is 8.80. The lowest BCUT2D eigenvalue weighted by Crippen LogP contribution is -2.64. The fourth-order valence-corrected chi connectivity index (χ4v) is 6.37. The fraction of sp³-hybridized carbons (Fsp3) is 0.778. The minimum absolute atomic E-state index is 0.0972. The van der Waals surface area contributed by atoms with E-state index in [2.05, 4.69) is 10.6 Å². The van der Waals surface area contributed by atoms with Gasteiger partial charge in [-0.3, -0.25) is 24.6 Å². The van der Waals surface area contributed by atoms with Gasteiger partial charge in [-0.05, 0) is 63.9 Å². The number of carbonyl (C=O) groups excluding carboxylic acids is 4. The molecule has 4 rings (SSSR count). The molecule has 0 aromatic carbocycles. The molecular formula is C27H41N3O4. The van der Waals surface area contributed by atoms with E-state index in [0.29, 0.717) is 13.0 Å². The molecule has 2 saturated heterocycles. The highest BCUT2D eigenvalue weighted by atomic mass is 16.2. The highest BCUT2D eigenvalue weighted by Gasteiger charge is 2.53. The van der Waals surface area contributed by atoms with Gasteiger partial charge in [-0.2, -0.15) is 0 Å². The average molecular weight is 472 g/mol. The predicted octanol–water partition coefficient (Wildman–Crippen LogP) is 4.40. The maximum atomic E-state index is 13.4. The molecule has 4 amide bonds. The van der Waals surface area contributed by atoms with E-state index in [1.807, 2.05) is 6.08 Å². The summed E-state index contributed by atoms with van der Waals surface area (Å²) in [6, 6.07) is -0.773. The van der Waals surface area contributed by atoms with Crippen LogP contribution in [0, 0.1) is 11.3 Å². The molecule has 2 N–H and O–H groups in total. The number of imide groups is 2. The second kappa shape index (κ2) is 10.7. The van der Waals surface area contributed by atoms with Gasteiger partial charge in [0.25, 0.3) is 5.91 Å². The molecule has 2 aliphatic heterocycles. The third-order valence-corrected chi connectivity index (χ3v) is 8.80. The summed E-state index contributed by atoms with van der Waals surface area (Å²) in [5.41, 5.74) is -0.506. The third kappa shape index (κ3) is 5.14. The van der Waals surface area contributed by atoms with Gasteiger partial charge in [-0.15, -0.1) is 0 Å². The zero-order chi connectivity index (χ0) is 24.2. The van der Waals surface area contributed by atoms with E-state index in [1.165, 1.54) is 44.9 Å². The summed E-state index contributed by atoms with van der Waals surface area (Å²) in [5, 5.41) is 6.07. The molecule has 2 unspecified atom stereocenters. The van der Waals surface area contributed by atoms with Crippen molar-refractivity contribution in [2.45, 2.75) is 109 Å². The van der Waals surface area contributed by atoms with E-state index in [1.54, 1.807) is 6.92 Å². The van der Waals surface area contributed by atoms with Gasteiger partial charge in [0.2, 0.25) is 5.91 Å². The minimum Gasteiger partial charge on any atom is -0.311 e. The van der Waals surface area contributed by atoms with Gasteiger partial charge in [-0.25, -0.2) is 4.79 Å². The molecule has 3 fully saturated rings. The van der Waals surface area contributed by atoms with Crippen molar-refractivity contribution in [1.29, 1.82) is 0 Å². The van der Waals surface area contributed by atoms with Crippen molar-refractivity contribution in [1.82, 2.24) is 15.5 Å². The van der Waals surface area contributed by atoms with Gasteiger partial charge < -0.3 is 5.32 Å². The number of urea groups is 1. The summed E-state index contributed by atoms with van der Waals surface area (Å²) in [6.07, 6.45) is 18.5. The number of Topliss-reactive ketones (excluding diaryl/α,β-unsaturated/α-hetero) is 1. The number of allylic oxidation sites excluding steroid dienone is 1. The Bertz CT molecular complexity index is 831. The maximum absolute atomic E-state index is 13.4. The molecule has 7 heteroatoms. The molecule has 0 aromatic rings. The van der Waals surface area contributed by atoms with Crippen molar-refractivity contribution >= 4 is 23.6 Å². The molecule has 0 bridgehead atoms. The molecule has 1 saturated carbocycles. The van der Waals surface area contributed by atoms with Crippen molar-refractivity contribution in [2.24, 2.45) is 11.3 Å². The van der Waals surface area contributed by atoms with Gasteiger partial charge >= 0.3 is 6.03 Å². The van der Waals surface area contributed by atoms with Gasteiger partial charge in [0, 0.05) is 18.0 Å². The summed E-state index contributed by atoms with van der Waals surface area (Å²) in [4.78, 5) is 52.9. The first-order valence-electron chi connectivity index (χ1n) is 13.5. The van der Waals surface area contributed by atoms with Crippen LogP contribution in [-0.4, -0.2) is 47.2 Å². The van der Waals surface area contributed by atoms with Gasteiger partial charge in [-0.1, -0.05) is 51.0 Å². The SMILES string of the molecule is CC1(C2=CCCCC2)C(=O)NC(=O)N(CC(=O)C2CCC3(CCCCCCCCC3)NC2)C1=O. The maximum Gasteiger partial charge on any atom is 0.331 e. The second-order valence-corrected chi connectivity index (χ2v) is 11.1. The minimum atomic E-state index is -1.40. The van der Waals surface area contributed by atoms with Crippen molar-refractivity contribution in [3.05, 3.63) is 11.6 Å². The van der Waals surface area contributed by atoms with Crippen LogP contribution in [0.15, 0.2) is 11.6 Å². The summed E-state index contributed by atoms with van der Waals surface area (Å²) < 4.78 is 0.